The Morgan fingerprint density at radius 3 is 2.95 bits per heavy atom. The van der Waals surface area contributed by atoms with Gasteiger partial charge < -0.3 is 5.32 Å². The first-order chi connectivity index (χ1) is 9.70. The van der Waals surface area contributed by atoms with Crippen LogP contribution in [-0.4, -0.2) is 20.7 Å². The SMILES string of the molecule is Cn1ccc(NC(=O)CCc2nc3ccccc3s2)n1. The molecule has 0 aliphatic carbocycles. The Morgan fingerprint density at radius 1 is 1.35 bits per heavy atom. The lowest BCUT2D eigenvalue weighted by Gasteiger charge is -1.99. The van der Waals surface area contributed by atoms with Crippen molar-refractivity contribution >= 4 is 33.3 Å². The Balaban J connectivity index is 1.59. The first-order valence-electron chi connectivity index (χ1n) is 6.35. The van der Waals surface area contributed by atoms with Gasteiger partial charge in [-0.25, -0.2) is 4.98 Å². The molecule has 5 nitrogen and oxygen atoms in total. The molecule has 6 heteroatoms. The molecule has 0 atom stereocenters. The van der Waals surface area contributed by atoms with Crippen LogP contribution in [0.5, 0.6) is 0 Å². The minimum absolute atomic E-state index is 0.0389. The highest BCUT2D eigenvalue weighted by molar-refractivity contribution is 7.18. The number of amides is 1. The molecule has 0 saturated heterocycles. The third-order valence-corrected chi connectivity index (χ3v) is 3.98. The van der Waals surface area contributed by atoms with Crippen LogP contribution in [0.1, 0.15) is 11.4 Å². The van der Waals surface area contributed by atoms with Crippen molar-refractivity contribution < 1.29 is 4.79 Å². The Hall–Kier alpha value is -2.21. The summed E-state index contributed by atoms with van der Waals surface area (Å²) >= 11 is 1.64. The number of hydrogen-bond donors (Lipinski definition) is 1. The molecule has 1 N–H and O–H groups in total. The van der Waals surface area contributed by atoms with Crippen molar-refractivity contribution in [2.24, 2.45) is 7.05 Å². The molecule has 102 valence electrons. The van der Waals surface area contributed by atoms with E-state index in [2.05, 4.69) is 15.4 Å². The number of aromatic nitrogens is 3. The lowest BCUT2D eigenvalue weighted by Crippen LogP contribution is -2.12. The van der Waals surface area contributed by atoms with E-state index >= 15 is 0 Å². The highest BCUT2D eigenvalue weighted by atomic mass is 32.1. The van der Waals surface area contributed by atoms with E-state index in [1.165, 1.54) is 0 Å². The number of aryl methyl sites for hydroxylation is 2. The summed E-state index contributed by atoms with van der Waals surface area (Å²) in [6, 6.07) is 9.78. The molecule has 3 aromatic rings. The van der Waals surface area contributed by atoms with Gasteiger partial charge in [-0.1, -0.05) is 12.1 Å². The number of rotatable bonds is 4. The van der Waals surface area contributed by atoms with Gasteiger partial charge in [-0.05, 0) is 12.1 Å². The number of nitrogens with one attached hydrogen (secondary N) is 1. The van der Waals surface area contributed by atoms with E-state index in [1.807, 2.05) is 31.3 Å². The molecule has 1 amide bonds. The highest BCUT2D eigenvalue weighted by Gasteiger charge is 2.08. The van der Waals surface area contributed by atoms with Crippen molar-refractivity contribution in [3.05, 3.63) is 41.5 Å². The fourth-order valence-electron chi connectivity index (χ4n) is 1.93. The summed E-state index contributed by atoms with van der Waals surface area (Å²) in [4.78, 5) is 16.3. The Kier molecular flexibility index (Phi) is 3.47. The van der Waals surface area contributed by atoms with Crippen LogP contribution in [0.4, 0.5) is 5.82 Å². The quantitative estimate of drug-likeness (QED) is 0.802. The summed E-state index contributed by atoms with van der Waals surface area (Å²) < 4.78 is 2.82. The van der Waals surface area contributed by atoms with Crippen LogP contribution in [0.25, 0.3) is 10.2 Å². The van der Waals surface area contributed by atoms with E-state index in [-0.39, 0.29) is 5.91 Å². The van der Waals surface area contributed by atoms with Crippen LogP contribution in [-0.2, 0) is 18.3 Å². The van der Waals surface area contributed by atoms with Crippen molar-refractivity contribution in [1.82, 2.24) is 14.8 Å². The maximum Gasteiger partial charge on any atom is 0.225 e. The Bertz CT molecular complexity index is 713. The number of nitrogens with zero attached hydrogens (tertiary/aromatic N) is 3. The molecule has 0 aliphatic rings. The van der Waals surface area contributed by atoms with Crippen LogP contribution in [0.3, 0.4) is 0 Å². The Labute approximate surface area is 120 Å². The van der Waals surface area contributed by atoms with Crippen LogP contribution in [0.2, 0.25) is 0 Å². The van der Waals surface area contributed by atoms with Gasteiger partial charge in [0.1, 0.15) is 0 Å². The largest absolute Gasteiger partial charge is 0.309 e. The van der Waals surface area contributed by atoms with E-state index in [4.69, 9.17) is 0 Å². The first kappa shape index (κ1) is 12.8. The molecular weight excluding hydrogens is 272 g/mol. The fraction of sp³-hybridized carbons (Fsp3) is 0.214. The number of thiazole rings is 1. The third kappa shape index (κ3) is 2.85. The van der Waals surface area contributed by atoms with Crippen molar-refractivity contribution in [2.45, 2.75) is 12.8 Å². The standard InChI is InChI=1S/C14H14N4OS/c1-18-9-8-12(17-18)16-13(19)6-7-14-15-10-4-2-3-5-11(10)20-14/h2-5,8-9H,6-7H2,1H3,(H,16,17,19). The normalized spacial score (nSPS) is 10.8. The summed E-state index contributed by atoms with van der Waals surface area (Å²) in [6.07, 6.45) is 2.86. The number of para-hydroxylation sites is 1. The molecule has 0 aliphatic heterocycles. The molecule has 20 heavy (non-hydrogen) atoms. The number of carbonyl (C=O) groups excluding carboxylic acids is 1. The van der Waals surface area contributed by atoms with Crippen molar-refractivity contribution in [3.63, 3.8) is 0 Å². The molecular formula is C14H14N4OS. The smallest absolute Gasteiger partial charge is 0.225 e. The lowest BCUT2D eigenvalue weighted by atomic mass is 10.3. The molecule has 3 rings (SSSR count). The van der Waals surface area contributed by atoms with Crippen LogP contribution >= 0.6 is 11.3 Å². The zero-order valence-corrected chi connectivity index (χ0v) is 11.9. The average molecular weight is 286 g/mol. The van der Waals surface area contributed by atoms with Crippen molar-refractivity contribution in [1.29, 1.82) is 0 Å². The molecule has 1 aromatic carbocycles. The maximum absolute atomic E-state index is 11.8. The number of hydrogen-bond acceptors (Lipinski definition) is 4. The number of carbonyl (C=O) groups is 1. The van der Waals surface area contributed by atoms with Crippen LogP contribution < -0.4 is 5.32 Å². The van der Waals surface area contributed by atoms with Crippen LogP contribution in [0, 0.1) is 0 Å². The van der Waals surface area contributed by atoms with Gasteiger partial charge in [0.05, 0.1) is 15.2 Å². The number of fused-ring (bicyclic) bond motifs is 1. The average Bonchev–Trinajstić information content (AvgIpc) is 3.02. The second-order valence-electron chi connectivity index (χ2n) is 4.50. The molecule has 2 aromatic heterocycles. The van der Waals surface area contributed by atoms with E-state index in [1.54, 1.807) is 28.3 Å². The zero-order chi connectivity index (χ0) is 13.9. The Morgan fingerprint density at radius 2 is 2.20 bits per heavy atom. The van der Waals surface area contributed by atoms with Crippen molar-refractivity contribution in [2.75, 3.05) is 5.32 Å². The molecule has 0 radical (unpaired) electrons. The van der Waals surface area contributed by atoms with Gasteiger partial charge >= 0.3 is 0 Å². The topological polar surface area (TPSA) is 59.8 Å². The molecule has 0 unspecified atom stereocenters. The molecule has 0 fully saturated rings. The monoisotopic (exact) mass is 286 g/mol. The minimum atomic E-state index is -0.0389. The van der Waals surface area contributed by atoms with E-state index in [0.717, 1.165) is 15.2 Å². The molecule has 0 spiro atoms. The first-order valence-corrected chi connectivity index (χ1v) is 7.16. The predicted molar refractivity (Wildman–Crippen MR) is 79.8 cm³/mol. The van der Waals surface area contributed by atoms with Gasteiger partial charge in [-0.3, -0.25) is 9.48 Å². The van der Waals surface area contributed by atoms with E-state index in [0.29, 0.717) is 18.7 Å². The molecule has 0 bridgehead atoms. The minimum Gasteiger partial charge on any atom is -0.309 e. The van der Waals surface area contributed by atoms with E-state index < -0.39 is 0 Å². The van der Waals surface area contributed by atoms with E-state index in [9.17, 15) is 4.79 Å². The lowest BCUT2D eigenvalue weighted by molar-refractivity contribution is -0.116. The number of anilines is 1. The second kappa shape index (κ2) is 5.42. The van der Waals surface area contributed by atoms with Gasteiger partial charge in [0.2, 0.25) is 5.91 Å². The molecule has 2 heterocycles. The van der Waals surface area contributed by atoms with Crippen LogP contribution in [0.15, 0.2) is 36.5 Å². The van der Waals surface area contributed by atoms with Gasteiger partial charge in [0.15, 0.2) is 5.82 Å². The fourth-order valence-corrected chi connectivity index (χ4v) is 2.90. The summed E-state index contributed by atoms with van der Waals surface area (Å²) in [5.74, 6) is 0.546. The summed E-state index contributed by atoms with van der Waals surface area (Å²) in [6.45, 7) is 0. The van der Waals surface area contributed by atoms with Gasteiger partial charge in [-0.2, -0.15) is 5.10 Å². The molecule has 0 saturated carbocycles. The van der Waals surface area contributed by atoms with Gasteiger partial charge in [0.25, 0.3) is 0 Å². The van der Waals surface area contributed by atoms with Crippen molar-refractivity contribution in [3.8, 4) is 0 Å². The highest BCUT2D eigenvalue weighted by Crippen LogP contribution is 2.22. The summed E-state index contributed by atoms with van der Waals surface area (Å²) in [5.41, 5.74) is 0.998. The van der Waals surface area contributed by atoms with Gasteiger partial charge in [-0.15, -0.1) is 11.3 Å². The third-order valence-electron chi connectivity index (χ3n) is 2.89. The zero-order valence-electron chi connectivity index (χ0n) is 11.0. The summed E-state index contributed by atoms with van der Waals surface area (Å²) in [7, 11) is 1.82. The predicted octanol–water partition coefficient (Wildman–Crippen LogP) is 2.60. The maximum atomic E-state index is 11.8. The second-order valence-corrected chi connectivity index (χ2v) is 5.61. The van der Waals surface area contributed by atoms with Gasteiger partial charge in [0, 0.05) is 32.2 Å². The summed E-state index contributed by atoms with van der Waals surface area (Å²) in [5, 5.41) is 7.87. The number of benzene rings is 1.